The van der Waals surface area contributed by atoms with E-state index in [1.54, 1.807) is 0 Å². The highest BCUT2D eigenvalue weighted by Gasteiger charge is 2.29. The Hall–Kier alpha value is -2.44. The van der Waals surface area contributed by atoms with Gasteiger partial charge >= 0.3 is 5.97 Å². The van der Waals surface area contributed by atoms with Crippen LogP contribution in [0.5, 0.6) is 0 Å². The second-order valence-electron chi connectivity index (χ2n) is 8.20. The standard InChI is InChI=1S/C21H30N4O3/c1-3-11-21(2,14-19(26)27)13-18-24-17(25-28-18)8-4-7-16-10-9-15-6-5-12-22-20(15)23-16/h5-6,12,16H,3-4,7-11,13-14H2,1-2H3,(H,22,23)(H,26,27). The third-order valence-corrected chi connectivity index (χ3v) is 5.47. The Morgan fingerprint density at radius 1 is 1.46 bits per heavy atom. The van der Waals surface area contributed by atoms with Crippen molar-refractivity contribution in [3.8, 4) is 0 Å². The smallest absolute Gasteiger partial charge is 0.303 e. The number of rotatable bonds is 10. The number of nitrogens with zero attached hydrogens (tertiary/aromatic N) is 3. The third kappa shape index (κ3) is 5.53. The molecule has 0 amide bonds. The molecule has 7 nitrogen and oxygen atoms in total. The van der Waals surface area contributed by atoms with Crippen LogP contribution in [0.2, 0.25) is 0 Å². The molecule has 2 N–H and O–H groups in total. The first-order chi connectivity index (χ1) is 13.5. The first-order valence-electron chi connectivity index (χ1n) is 10.2. The number of hydrogen-bond donors (Lipinski definition) is 2. The SMILES string of the molecule is CCCC(C)(CC(=O)O)Cc1nc(CCCC2CCc3cccnc3N2)no1. The lowest BCUT2D eigenvalue weighted by atomic mass is 9.79. The molecule has 2 unspecified atom stereocenters. The summed E-state index contributed by atoms with van der Waals surface area (Å²) >= 11 is 0. The van der Waals surface area contributed by atoms with Gasteiger partial charge in [-0.15, -0.1) is 0 Å². The van der Waals surface area contributed by atoms with Gasteiger partial charge in [0.2, 0.25) is 5.89 Å². The molecule has 0 saturated heterocycles. The second-order valence-corrected chi connectivity index (χ2v) is 8.20. The summed E-state index contributed by atoms with van der Waals surface area (Å²) < 4.78 is 5.40. The van der Waals surface area contributed by atoms with E-state index in [1.807, 2.05) is 19.2 Å². The minimum Gasteiger partial charge on any atom is -0.481 e. The van der Waals surface area contributed by atoms with Crippen molar-refractivity contribution in [1.82, 2.24) is 15.1 Å². The zero-order valence-corrected chi connectivity index (χ0v) is 16.8. The van der Waals surface area contributed by atoms with Crippen LogP contribution in [0.4, 0.5) is 5.82 Å². The predicted octanol–water partition coefficient (Wildman–Crippen LogP) is 4.04. The van der Waals surface area contributed by atoms with E-state index in [4.69, 9.17) is 4.52 Å². The molecule has 3 heterocycles. The van der Waals surface area contributed by atoms with Crippen LogP contribution < -0.4 is 5.32 Å². The quantitative estimate of drug-likeness (QED) is 0.635. The Labute approximate surface area is 166 Å². The molecule has 28 heavy (non-hydrogen) atoms. The summed E-state index contributed by atoms with van der Waals surface area (Å²) in [7, 11) is 0. The maximum Gasteiger partial charge on any atom is 0.303 e. The van der Waals surface area contributed by atoms with Crippen LogP contribution in [0.1, 0.15) is 69.7 Å². The summed E-state index contributed by atoms with van der Waals surface area (Å²) in [4.78, 5) is 20.1. The van der Waals surface area contributed by atoms with Crippen molar-refractivity contribution >= 4 is 11.8 Å². The molecule has 2 aromatic heterocycles. The predicted molar refractivity (Wildman–Crippen MR) is 106 cm³/mol. The summed E-state index contributed by atoms with van der Waals surface area (Å²) in [6, 6.07) is 4.54. The maximum absolute atomic E-state index is 11.2. The number of aryl methyl sites for hydroxylation is 2. The minimum absolute atomic E-state index is 0.113. The van der Waals surface area contributed by atoms with Crippen LogP contribution in [0.15, 0.2) is 22.9 Å². The molecule has 0 spiro atoms. The van der Waals surface area contributed by atoms with Gasteiger partial charge in [-0.25, -0.2) is 4.98 Å². The van der Waals surface area contributed by atoms with E-state index in [2.05, 4.69) is 33.4 Å². The Morgan fingerprint density at radius 3 is 3.11 bits per heavy atom. The van der Waals surface area contributed by atoms with Crippen LogP contribution in [0.25, 0.3) is 0 Å². The summed E-state index contributed by atoms with van der Waals surface area (Å²) in [5.41, 5.74) is 0.939. The van der Waals surface area contributed by atoms with Crippen molar-refractivity contribution in [2.45, 2.75) is 77.7 Å². The van der Waals surface area contributed by atoms with Crippen LogP contribution >= 0.6 is 0 Å². The molecule has 2 atom stereocenters. The van der Waals surface area contributed by atoms with E-state index in [1.165, 1.54) is 5.56 Å². The van der Waals surface area contributed by atoms with Gasteiger partial charge < -0.3 is 14.9 Å². The highest BCUT2D eigenvalue weighted by molar-refractivity contribution is 5.67. The molecule has 0 saturated carbocycles. The zero-order valence-electron chi connectivity index (χ0n) is 16.8. The van der Waals surface area contributed by atoms with E-state index in [9.17, 15) is 9.90 Å². The summed E-state index contributed by atoms with van der Waals surface area (Å²) in [6.45, 7) is 4.04. The molecule has 3 rings (SSSR count). The van der Waals surface area contributed by atoms with Crippen molar-refractivity contribution in [3.63, 3.8) is 0 Å². The fraction of sp³-hybridized carbons (Fsp3) is 0.619. The lowest BCUT2D eigenvalue weighted by molar-refractivity contribution is -0.139. The van der Waals surface area contributed by atoms with E-state index in [0.717, 1.165) is 50.8 Å². The highest BCUT2D eigenvalue weighted by Crippen LogP contribution is 2.31. The van der Waals surface area contributed by atoms with Crippen LogP contribution in [0.3, 0.4) is 0 Å². The van der Waals surface area contributed by atoms with Crippen LogP contribution in [-0.2, 0) is 24.1 Å². The number of fused-ring (bicyclic) bond motifs is 1. The van der Waals surface area contributed by atoms with Crippen molar-refractivity contribution in [3.05, 3.63) is 35.6 Å². The lowest BCUT2D eigenvalue weighted by Gasteiger charge is -2.25. The fourth-order valence-electron chi connectivity index (χ4n) is 4.13. The highest BCUT2D eigenvalue weighted by atomic mass is 16.5. The first-order valence-corrected chi connectivity index (χ1v) is 10.2. The molecule has 7 heteroatoms. The Morgan fingerprint density at radius 2 is 2.32 bits per heavy atom. The van der Waals surface area contributed by atoms with E-state index in [-0.39, 0.29) is 11.8 Å². The number of hydrogen-bond acceptors (Lipinski definition) is 6. The molecule has 152 valence electrons. The fourth-order valence-corrected chi connectivity index (χ4v) is 4.13. The van der Waals surface area contributed by atoms with Gasteiger partial charge in [-0.05, 0) is 49.1 Å². The van der Waals surface area contributed by atoms with Gasteiger partial charge in [0.05, 0.1) is 6.42 Å². The average molecular weight is 386 g/mol. The second kappa shape index (κ2) is 9.17. The Bertz CT molecular complexity index is 791. The number of aliphatic carboxylic acids is 1. The van der Waals surface area contributed by atoms with Crippen molar-refractivity contribution in [2.75, 3.05) is 5.32 Å². The van der Waals surface area contributed by atoms with Gasteiger partial charge in [-0.2, -0.15) is 4.98 Å². The van der Waals surface area contributed by atoms with E-state index in [0.29, 0.717) is 24.2 Å². The van der Waals surface area contributed by atoms with Gasteiger partial charge in [0.1, 0.15) is 5.82 Å². The molecule has 0 fully saturated rings. The Balaban J connectivity index is 1.48. The topological polar surface area (TPSA) is 101 Å². The van der Waals surface area contributed by atoms with Crippen LogP contribution in [0, 0.1) is 5.41 Å². The number of pyridine rings is 1. The molecule has 1 aliphatic heterocycles. The van der Waals surface area contributed by atoms with Crippen molar-refractivity contribution < 1.29 is 14.4 Å². The molecule has 0 aromatic carbocycles. The average Bonchev–Trinajstić information content (AvgIpc) is 3.07. The van der Waals surface area contributed by atoms with Gasteiger partial charge in [-0.1, -0.05) is 31.5 Å². The minimum atomic E-state index is -0.785. The van der Waals surface area contributed by atoms with E-state index >= 15 is 0 Å². The summed E-state index contributed by atoms with van der Waals surface area (Å²) in [6.07, 6.45) is 9.14. The number of carboxylic acids is 1. The molecule has 1 aliphatic rings. The van der Waals surface area contributed by atoms with Gasteiger partial charge in [0.15, 0.2) is 5.82 Å². The number of nitrogens with one attached hydrogen (secondary N) is 1. The zero-order chi connectivity index (χ0) is 20.0. The lowest BCUT2D eigenvalue weighted by Crippen LogP contribution is -2.26. The molecule has 0 bridgehead atoms. The largest absolute Gasteiger partial charge is 0.481 e. The number of anilines is 1. The number of carbonyl (C=O) groups is 1. The third-order valence-electron chi connectivity index (χ3n) is 5.47. The normalized spacial score (nSPS) is 18.1. The summed E-state index contributed by atoms with van der Waals surface area (Å²) in [5, 5.41) is 16.8. The maximum atomic E-state index is 11.2. The van der Waals surface area contributed by atoms with Gasteiger partial charge in [0, 0.05) is 25.1 Å². The summed E-state index contributed by atoms with van der Waals surface area (Å²) in [5.74, 6) is 1.47. The molecular formula is C21H30N4O3. The molecule has 2 aromatic rings. The molecule has 0 aliphatic carbocycles. The van der Waals surface area contributed by atoms with Crippen molar-refractivity contribution in [1.29, 1.82) is 0 Å². The molecule has 0 radical (unpaired) electrons. The van der Waals surface area contributed by atoms with E-state index < -0.39 is 5.97 Å². The monoisotopic (exact) mass is 386 g/mol. The van der Waals surface area contributed by atoms with Gasteiger partial charge in [0.25, 0.3) is 0 Å². The number of carboxylic acid groups (broad SMARTS) is 1. The van der Waals surface area contributed by atoms with Crippen LogP contribution in [-0.4, -0.2) is 32.2 Å². The number of aromatic nitrogens is 3. The Kier molecular flexibility index (Phi) is 6.65. The van der Waals surface area contributed by atoms with Crippen molar-refractivity contribution in [2.24, 2.45) is 5.41 Å². The first kappa shape index (κ1) is 20.3. The molecular weight excluding hydrogens is 356 g/mol. The van der Waals surface area contributed by atoms with Gasteiger partial charge in [-0.3, -0.25) is 4.79 Å².